The largest absolute Gasteiger partial charge is 0.508 e. The number of hydrogen-bond acceptors (Lipinski definition) is 6. The van der Waals surface area contributed by atoms with E-state index < -0.39 is 5.97 Å². The number of carbonyl (C=O) groups excluding carboxylic acids is 1. The van der Waals surface area contributed by atoms with E-state index in [1.165, 1.54) is 19.2 Å². The zero-order valence-corrected chi connectivity index (χ0v) is 14.2. The first kappa shape index (κ1) is 17.9. The quantitative estimate of drug-likeness (QED) is 0.758. The summed E-state index contributed by atoms with van der Waals surface area (Å²) < 4.78 is 10.5. The molecule has 0 fully saturated rings. The van der Waals surface area contributed by atoms with E-state index in [1.807, 2.05) is 6.07 Å². The van der Waals surface area contributed by atoms with Crippen LogP contribution in [-0.2, 0) is 22.5 Å². The molecule has 130 valence electrons. The highest BCUT2D eigenvalue weighted by atomic mass is 16.5. The standard InChI is InChI=1S/C18H23NO5/c1-4-19(5-2)11-14-6-7-16(24-14)18-12(9-17(22)23-3)8-13(20)10-15(18)21/h6-8,10,20-21H,4-5,9,11H2,1-3H3. The van der Waals surface area contributed by atoms with Crippen molar-refractivity contribution >= 4 is 5.97 Å². The summed E-state index contributed by atoms with van der Waals surface area (Å²) in [6, 6.07) is 6.26. The predicted octanol–water partition coefficient (Wildman–Crippen LogP) is 2.92. The fourth-order valence-corrected chi connectivity index (χ4v) is 2.59. The summed E-state index contributed by atoms with van der Waals surface area (Å²) in [5, 5.41) is 19.9. The Hall–Kier alpha value is -2.47. The van der Waals surface area contributed by atoms with Crippen molar-refractivity contribution in [3.05, 3.63) is 35.6 Å². The zero-order chi connectivity index (χ0) is 17.7. The molecule has 0 unspecified atom stereocenters. The monoisotopic (exact) mass is 333 g/mol. The minimum atomic E-state index is -0.462. The Morgan fingerprint density at radius 2 is 1.92 bits per heavy atom. The molecule has 2 N–H and O–H groups in total. The highest BCUT2D eigenvalue weighted by Gasteiger charge is 2.19. The van der Waals surface area contributed by atoms with Crippen LogP contribution in [-0.4, -0.2) is 41.3 Å². The Morgan fingerprint density at radius 1 is 1.21 bits per heavy atom. The molecule has 1 heterocycles. The molecule has 0 aliphatic carbocycles. The van der Waals surface area contributed by atoms with Crippen LogP contribution in [0.5, 0.6) is 11.5 Å². The van der Waals surface area contributed by atoms with Gasteiger partial charge in [0.15, 0.2) is 0 Å². The summed E-state index contributed by atoms with van der Waals surface area (Å²) in [5.74, 6) is 0.498. The molecule has 0 amide bonds. The number of nitrogens with zero attached hydrogens (tertiary/aromatic N) is 1. The van der Waals surface area contributed by atoms with Crippen LogP contribution in [0.4, 0.5) is 0 Å². The van der Waals surface area contributed by atoms with Gasteiger partial charge < -0.3 is 19.4 Å². The van der Waals surface area contributed by atoms with Crippen LogP contribution >= 0.6 is 0 Å². The SMILES string of the molecule is CCN(CC)Cc1ccc(-c2c(O)cc(O)cc2CC(=O)OC)o1. The van der Waals surface area contributed by atoms with Gasteiger partial charge in [0.2, 0.25) is 0 Å². The molecule has 0 aliphatic heterocycles. The number of esters is 1. The third-order valence-corrected chi connectivity index (χ3v) is 3.93. The summed E-state index contributed by atoms with van der Waals surface area (Å²) in [5.41, 5.74) is 0.840. The van der Waals surface area contributed by atoms with Crippen LogP contribution in [0, 0.1) is 0 Å². The number of furan rings is 1. The fraction of sp³-hybridized carbons (Fsp3) is 0.389. The Bertz CT molecular complexity index is 703. The normalized spacial score (nSPS) is 11.0. The fourth-order valence-electron chi connectivity index (χ4n) is 2.59. The Kier molecular flexibility index (Phi) is 5.87. The van der Waals surface area contributed by atoms with Crippen LogP contribution in [0.1, 0.15) is 25.2 Å². The summed E-state index contributed by atoms with van der Waals surface area (Å²) in [6.45, 7) is 6.63. The summed E-state index contributed by atoms with van der Waals surface area (Å²) in [6.07, 6.45) is -0.0696. The van der Waals surface area contributed by atoms with Crippen LogP contribution < -0.4 is 0 Å². The second kappa shape index (κ2) is 7.88. The first-order valence-corrected chi connectivity index (χ1v) is 7.91. The molecule has 1 aromatic carbocycles. The first-order chi connectivity index (χ1) is 11.5. The average molecular weight is 333 g/mol. The van der Waals surface area contributed by atoms with Gasteiger partial charge in [-0.3, -0.25) is 9.69 Å². The number of rotatable bonds is 7. The van der Waals surface area contributed by atoms with E-state index in [9.17, 15) is 15.0 Å². The van der Waals surface area contributed by atoms with Crippen molar-refractivity contribution in [2.75, 3.05) is 20.2 Å². The molecule has 1 aromatic heterocycles. The number of carbonyl (C=O) groups is 1. The van der Waals surface area contributed by atoms with Crippen LogP contribution in [0.25, 0.3) is 11.3 Å². The second-order valence-corrected chi connectivity index (χ2v) is 5.48. The Morgan fingerprint density at radius 3 is 2.54 bits per heavy atom. The molecule has 0 saturated carbocycles. The van der Waals surface area contributed by atoms with Gasteiger partial charge in [-0.05, 0) is 36.9 Å². The Balaban J connectivity index is 2.37. The van der Waals surface area contributed by atoms with E-state index in [0.29, 0.717) is 23.4 Å². The van der Waals surface area contributed by atoms with Crippen molar-refractivity contribution in [3.8, 4) is 22.8 Å². The van der Waals surface area contributed by atoms with Gasteiger partial charge in [0.05, 0.1) is 25.6 Å². The number of aromatic hydroxyl groups is 2. The molecule has 0 atom stereocenters. The molecule has 0 radical (unpaired) electrons. The van der Waals surface area contributed by atoms with Gasteiger partial charge in [0.1, 0.15) is 23.0 Å². The summed E-state index contributed by atoms with van der Waals surface area (Å²) in [4.78, 5) is 13.8. The van der Waals surface area contributed by atoms with Gasteiger partial charge in [0.25, 0.3) is 0 Å². The second-order valence-electron chi connectivity index (χ2n) is 5.48. The zero-order valence-electron chi connectivity index (χ0n) is 14.2. The average Bonchev–Trinajstić information content (AvgIpc) is 2.99. The van der Waals surface area contributed by atoms with Crippen molar-refractivity contribution in [1.29, 1.82) is 0 Å². The van der Waals surface area contributed by atoms with Crippen LogP contribution in [0.2, 0.25) is 0 Å². The first-order valence-electron chi connectivity index (χ1n) is 7.91. The molecule has 0 spiro atoms. The van der Waals surface area contributed by atoms with Crippen molar-refractivity contribution in [2.24, 2.45) is 0 Å². The topological polar surface area (TPSA) is 83.1 Å². The maximum atomic E-state index is 11.6. The molecular weight excluding hydrogens is 310 g/mol. The number of phenols is 2. The number of benzene rings is 1. The van der Waals surface area contributed by atoms with Crippen molar-refractivity contribution in [3.63, 3.8) is 0 Å². The third-order valence-electron chi connectivity index (χ3n) is 3.93. The lowest BCUT2D eigenvalue weighted by Gasteiger charge is -2.16. The van der Waals surface area contributed by atoms with Gasteiger partial charge in [-0.25, -0.2) is 0 Å². The van der Waals surface area contributed by atoms with Gasteiger partial charge >= 0.3 is 5.97 Å². The number of ether oxygens (including phenoxy) is 1. The van der Waals surface area contributed by atoms with Crippen molar-refractivity contribution in [2.45, 2.75) is 26.8 Å². The van der Waals surface area contributed by atoms with E-state index in [-0.39, 0.29) is 17.9 Å². The minimum absolute atomic E-state index is 0.0696. The molecule has 0 saturated heterocycles. The number of hydrogen-bond donors (Lipinski definition) is 2. The van der Waals surface area contributed by atoms with Gasteiger partial charge in [-0.15, -0.1) is 0 Å². The molecular formula is C18H23NO5. The maximum absolute atomic E-state index is 11.6. The molecule has 24 heavy (non-hydrogen) atoms. The predicted molar refractivity (Wildman–Crippen MR) is 89.8 cm³/mol. The minimum Gasteiger partial charge on any atom is -0.508 e. The molecule has 6 nitrogen and oxygen atoms in total. The summed E-state index contributed by atoms with van der Waals surface area (Å²) >= 11 is 0. The summed E-state index contributed by atoms with van der Waals surface area (Å²) in [7, 11) is 1.29. The Labute approximate surface area is 141 Å². The van der Waals surface area contributed by atoms with E-state index >= 15 is 0 Å². The van der Waals surface area contributed by atoms with Crippen molar-refractivity contribution in [1.82, 2.24) is 4.90 Å². The van der Waals surface area contributed by atoms with E-state index in [4.69, 9.17) is 4.42 Å². The van der Waals surface area contributed by atoms with E-state index in [0.717, 1.165) is 18.8 Å². The van der Waals surface area contributed by atoms with Gasteiger partial charge in [-0.2, -0.15) is 0 Å². The lowest BCUT2D eigenvalue weighted by molar-refractivity contribution is -0.139. The molecule has 2 aromatic rings. The smallest absolute Gasteiger partial charge is 0.310 e. The lowest BCUT2D eigenvalue weighted by atomic mass is 10.0. The van der Waals surface area contributed by atoms with Crippen LogP contribution in [0.15, 0.2) is 28.7 Å². The van der Waals surface area contributed by atoms with E-state index in [2.05, 4.69) is 23.5 Å². The highest BCUT2D eigenvalue weighted by Crippen LogP contribution is 2.37. The number of phenolic OH excluding ortho intramolecular Hbond substituents is 2. The molecule has 6 heteroatoms. The van der Waals surface area contributed by atoms with Crippen molar-refractivity contribution < 1.29 is 24.2 Å². The highest BCUT2D eigenvalue weighted by molar-refractivity contribution is 5.79. The molecule has 0 aliphatic rings. The van der Waals surface area contributed by atoms with E-state index in [1.54, 1.807) is 6.07 Å². The number of methoxy groups -OCH3 is 1. The van der Waals surface area contributed by atoms with Gasteiger partial charge in [0, 0.05) is 6.07 Å². The molecule has 0 bridgehead atoms. The maximum Gasteiger partial charge on any atom is 0.310 e. The third kappa shape index (κ3) is 4.08. The lowest BCUT2D eigenvalue weighted by Crippen LogP contribution is -2.21. The molecule has 2 rings (SSSR count). The van der Waals surface area contributed by atoms with Gasteiger partial charge in [-0.1, -0.05) is 13.8 Å². The van der Waals surface area contributed by atoms with Crippen LogP contribution in [0.3, 0.4) is 0 Å².